The van der Waals surface area contributed by atoms with Crippen molar-refractivity contribution in [2.24, 2.45) is 5.73 Å². The van der Waals surface area contributed by atoms with Crippen LogP contribution in [0.25, 0.3) is 0 Å². The maximum absolute atomic E-state index is 12.6. The number of hydrogen-bond donors (Lipinski definition) is 1. The number of nitrogens with zero attached hydrogens (tertiary/aromatic N) is 2. The number of likely N-dealkylation sites (N-methyl/N-ethyl adjacent to an activating group) is 1. The van der Waals surface area contributed by atoms with Crippen LogP contribution < -0.4 is 5.73 Å². The smallest absolute Gasteiger partial charge is 0.240 e. The van der Waals surface area contributed by atoms with Gasteiger partial charge in [0.15, 0.2) is 0 Å². The summed E-state index contributed by atoms with van der Waals surface area (Å²) in [6, 6.07) is 0.00577. The third-order valence-corrected chi connectivity index (χ3v) is 4.35. The van der Waals surface area contributed by atoms with Gasteiger partial charge in [0.2, 0.25) is 5.91 Å². The summed E-state index contributed by atoms with van der Waals surface area (Å²) in [6.07, 6.45) is 6.84. The van der Waals surface area contributed by atoms with Crippen molar-refractivity contribution in [1.82, 2.24) is 9.80 Å². The molecule has 2 atom stereocenters. The first kappa shape index (κ1) is 16.5. The van der Waals surface area contributed by atoms with Gasteiger partial charge in [0, 0.05) is 31.4 Å². The highest BCUT2D eigenvalue weighted by molar-refractivity contribution is 5.80. The molecule has 120 valence electrons. The van der Waals surface area contributed by atoms with Crippen molar-refractivity contribution in [3.63, 3.8) is 0 Å². The third-order valence-electron chi connectivity index (χ3n) is 4.35. The predicted octanol–water partition coefficient (Wildman–Crippen LogP) is 1.34. The molecule has 5 heteroatoms. The Hall–Kier alpha value is -0.910. The molecule has 0 bridgehead atoms. The van der Waals surface area contributed by atoms with Crippen molar-refractivity contribution in [3.05, 3.63) is 11.8 Å². The first-order chi connectivity index (χ1) is 10.1. The van der Waals surface area contributed by atoms with Gasteiger partial charge in [-0.25, -0.2) is 0 Å². The van der Waals surface area contributed by atoms with E-state index in [4.69, 9.17) is 10.5 Å². The van der Waals surface area contributed by atoms with Gasteiger partial charge in [0.25, 0.3) is 0 Å². The normalized spacial score (nSPS) is 25.3. The third kappa shape index (κ3) is 4.53. The summed E-state index contributed by atoms with van der Waals surface area (Å²) >= 11 is 0. The Labute approximate surface area is 128 Å². The summed E-state index contributed by atoms with van der Waals surface area (Å²) in [4.78, 5) is 16.7. The van der Waals surface area contributed by atoms with E-state index in [1.54, 1.807) is 0 Å². The monoisotopic (exact) mass is 295 g/mol. The van der Waals surface area contributed by atoms with Crippen LogP contribution in [0.1, 0.15) is 39.5 Å². The maximum Gasteiger partial charge on any atom is 0.240 e. The summed E-state index contributed by atoms with van der Waals surface area (Å²) in [5.74, 6) is 0.205. The van der Waals surface area contributed by atoms with Crippen molar-refractivity contribution >= 4 is 5.91 Å². The van der Waals surface area contributed by atoms with Crippen LogP contribution in [0.4, 0.5) is 0 Å². The fraction of sp³-hybridized carbons (Fsp3) is 0.812. The molecule has 1 saturated heterocycles. The molecule has 1 amide bonds. The van der Waals surface area contributed by atoms with Gasteiger partial charge in [-0.3, -0.25) is 9.69 Å². The molecule has 2 N–H and O–H groups in total. The van der Waals surface area contributed by atoms with E-state index in [1.165, 1.54) is 18.5 Å². The number of carbonyl (C=O) groups is 1. The van der Waals surface area contributed by atoms with Crippen LogP contribution in [0.2, 0.25) is 0 Å². The average molecular weight is 295 g/mol. The zero-order valence-corrected chi connectivity index (χ0v) is 13.4. The van der Waals surface area contributed by atoms with E-state index in [9.17, 15) is 4.79 Å². The summed E-state index contributed by atoms with van der Waals surface area (Å²) < 4.78 is 5.65. The van der Waals surface area contributed by atoms with Crippen molar-refractivity contribution in [2.45, 2.75) is 51.7 Å². The van der Waals surface area contributed by atoms with Crippen molar-refractivity contribution < 1.29 is 9.53 Å². The Bertz CT molecular complexity index is 382. The summed E-state index contributed by atoms with van der Waals surface area (Å²) in [6.45, 7) is 7.46. The molecule has 21 heavy (non-hydrogen) atoms. The van der Waals surface area contributed by atoms with Crippen molar-refractivity contribution in [3.8, 4) is 0 Å². The molecule has 2 aliphatic rings. The lowest BCUT2D eigenvalue weighted by Crippen LogP contribution is -2.52. The molecule has 0 saturated carbocycles. The Kier molecular flexibility index (Phi) is 6.21. The lowest BCUT2D eigenvalue weighted by Gasteiger charge is -2.36. The second-order valence-electron chi connectivity index (χ2n) is 6.08. The highest BCUT2D eigenvalue weighted by atomic mass is 16.5. The molecule has 0 aromatic heterocycles. The maximum atomic E-state index is 12.6. The molecular weight excluding hydrogens is 266 g/mol. The van der Waals surface area contributed by atoms with E-state index >= 15 is 0 Å². The largest absolute Gasteiger partial charge is 0.374 e. The Morgan fingerprint density at radius 1 is 1.57 bits per heavy atom. The zero-order valence-electron chi connectivity index (χ0n) is 13.4. The van der Waals surface area contributed by atoms with Gasteiger partial charge in [-0.1, -0.05) is 6.08 Å². The minimum Gasteiger partial charge on any atom is -0.374 e. The molecule has 1 fully saturated rings. The van der Waals surface area contributed by atoms with Gasteiger partial charge in [-0.2, -0.15) is 0 Å². The minimum atomic E-state index is 0.00577. The van der Waals surface area contributed by atoms with Crippen LogP contribution in [-0.2, 0) is 9.53 Å². The molecular formula is C16H29N3O2. The quantitative estimate of drug-likeness (QED) is 0.831. The lowest BCUT2D eigenvalue weighted by atomic mass is 10.0. The van der Waals surface area contributed by atoms with Gasteiger partial charge < -0.3 is 15.4 Å². The first-order valence-electron chi connectivity index (χ1n) is 8.20. The number of morpholine rings is 1. The predicted molar refractivity (Wildman–Crippen MR) is 83.8 cm³/mol. The van der Waals surface area contributed by atoms with Crippen LogP contribution in [0.3, 0.4) is 0 Å². The van der Waals surface area contributed by atoms with Gasteiger partial charge in [0.1, 0.15) is 0 Å². The summed E-state index contributed by atoms with van der Waals surface area (Å²) in [5.41, 5.74) is 7.12. The van der Waals surface area contributed by atoms with Gasteiger partial charge in [0.05, 0.1) is 19.3 Å². The van der Waals surface area contributed by atoms with Gasteiger partial charge >= 0.3 is 0 Å². The number of amides is 1. The molecule has 0 spiro atoms. The highest BCUT2D eigenvalue weighted by Gasteiger charge is 2.26. The van der Waals surface area contributed by atoms with E-state index in [0.717, 1.165) is 32.5 Å². The molecule has 5 nitrogen and oxygen atoms in total. The topological polar surface area (TPSA) is 58.8 Å². The van der Waals surface area contributed by atoms with Crippen molar-refractivity contribution in [1.29, 1.82) is 0 Å². The molecule has 1 aliphatic heterocycles. The SMILES string of the molecule is CCN(C(=O)CN1CCOC(C(C)N)C1)C1=CCCCC1. The lowest BCUT2D eigenvalue weighted by molar-refractivity contribution is -0.132. The van der Waals surface area contributed by atoms with Crippen LogP contribution in [0, 0.1) is 0 Å². The molecule has 0 aromatic rings. The Morgan fingerprint density at radius 3 is 3.00 bits per heavy atom. The number of hydrogen-bond acceptors (Lipinski definition) is 4. The van der Waals surface area contributed by atoms with E-state index < -0.39 is 0 Å². The number of nitrogens with two attached hydrogens (primary N) is 1. The minimum absolute atomic E-state index is 0.00577. The number of allylic oxidation sites excluding steroid dienone is 2. The van der Waals surface area contributed by atoms with E-state index in [-0.39, 0.29) is 18.1 Å². The van der Waals surface area contributed by atoms with Gasteiger partial charge in [-0.15, -0.1) is 0 Å². The van der Waals surface area contributed by atoms with Crippen LogP contribution >= 0.6 is 0 Å². The second kappa shape index (κ2) is 7.92. The molecule has 2 unspecified atom stereocenters. The van der Waals surface area contributed by atoms with Crippen LogP contribution in [-0.4, -0.2) is 60.6 Å². The molecule has 1 aliphatic carbocycles. The molecule has 0 radical (unpaired) electrons. The number of carbonyl (C=O) groups excluding carboxylic acids is 1. The van der Waals surface area contributed by atoms with E-state index in [1.807, 2.05) is 11.8 Å². The average Bonchev–Trinajstić information content (AvgIpc) is 2.49. The van der Waals surface area contributed by atoms with E-state index in [2.05, 4.69) is 17.9 Å². The number of ether oxygens (including phenoxy) is 1. The fourth-order valence-electron chi connectivity index (χ4n) is 3.08. The molecule has 2 rings (SSSR count). The highest BCUT2D eigenvalue weighted by Crippen LogP contribution is 2.21. The van der Waals surface area contributed by atoms with Crippen molar-refractivity contribution in [2.75, 3.05) is 32.8 Å². The zero-order chi connectivity index (χ0) is 15.2. The first-order valence-corrected chi connectivity index (χ1v) is 8.20. The van der Waals surface area contributed by atoms with Crippen LogP contribution in [0.5, 0.6) is 0 Å². The summed E-state index contributed by atoms with van der Waals surface area (Å²) in [5, 5.41) is 0. The van der Waals surface area contributed by atoms with Gasteiger partial charge in [-0.05, 0) is 39.5 Å². The van der Waals surface area contributed by atoms with E-state index in [0.29, 0.717) is 13.2 Å². The molecule has 1 heterocycles. The Balaban J connectivity index is 1.91. The second-order valence-corrected chi connectivity index (χ2v) is 6.08. The summed E-state index contributed by atoms with van der Waals surface area (Å²) in [7, 11) is 0. The standard InChI is InChI=1S/C16H29N3O2/c1-3-19(14-7-5-4-6-8-14)16(20)12-18-9-10-21-15(11-18)13(2)17/h7,13,15H,3-6,8-12,17H2,1-2H3. The fourth-order valence-corrected chi connectivity index (χ4v) is 3.08. The van der Waals surface area contributed by atoms with Crippen LogP contribution in [0.15, 0.2) is 11.8 Å². The molecule has 0 aromatic carbocycles. The Morgan fingerprint density at radius 2 is 2.38 bits per heavy atom. The number of rotatable bonds is 5.